The fourth-order valence-corrected chi connectivity index (χ4v) is 5.62. The summed E-state index contributed by atoms with van der Waals surface area (Å²) in [4.78, 5) is 18.7. The predicted molar refractivity (Wildman–Crippen MR) is 127 cm³/mol. The maximum absolute atomic E-state index is 12.9. The first-order valence-electron chi connectivity index (χ1n) is 11.1. The number of rotatable bonds is 7. The number of piperazine rings is 1. The first kappa shape index (κ1) is 23.3. The van der Waals surface area contributed by atoms with E-state index in [1.807, 2.05) is 24.5 Å². The van der Waals surface area contributed by atoms with E-state index in [-0.39, 0.29) is 12.0 Å². The van der Waals surface area contributed by atoms with E-state index in [0.717, 1.165) is 67.8 Å². The van der Waals surface area contributed by atoms with Crippen LogP contribution in [0.5, 0.6) is 0 Å². The highest BCUT2D eigenvalue weighted by atomic mass is 35.5. The number of carbonyl (C=O) groups excluding carboxylic acids is 1. The first-order valence-corrected chi connectivity index (χ1v) is 12.3. The number of halogens is 1. The number of carbonyl (C=O) groups is 1. The highest BCUT2D eigenvalue weighted by Gasteiger charge is 2.25. The van der Waals surface area contributed by atoms with E-state index in [1.54, 1.807) is 11.3 Å². The van der Waals surface area contributed by atoms with Gasteiger partial charge in [-0.2, -0.15) is 5.26 Å². The normalized spacial score (nSPS) is 19.9. The van der Waals surface area contributed by atoms with Crippen molar-refractivity contribution in [2.45, 2.75) is 45.9 Å². The smallest absolute Gasteiger partial charge is 0.239 e. The Kier molecular flexibility index (Phi) is 7.54. The summed E-state index contributed by atoms with van der Waals surface area (Å²) in [7, 11) is 0. The van der Waals surface area contributed by atoms with Crippen LogP contribution in [-0.4, -0.2) is 65.7 Å². The van der Waals surface area contributed by atoms with E-state index >= 15 is 0 Å². The molecule has 2 fully saturated rings. The van der Waals surface area contributed by atoms with Crippen molar-refractivity contribution in [1.82, 2.24) is 14.4 Å². The van der Waals surface area contributed by atoms with Gasteiger partial charge in [-0.1, -0.05) is 11.6 Å². The van der Waals surface area contributed by atoms with Crippen molar-refractivity contribution in [3.8, 4) is 6.07 Å². The molecule has 2 aromatic heterocycles. The van der Waals surface area contributed by atoms with Crippen molar-refractivity contribution >= 4 is 34.7 Å². The highest BCUT2D eigenvalue weighted by Crippen LogP contribution is 2.28. The van der Waals surface area contributed by atoms with Gasteiger partial charge in [0.25, 0.3) is 0 Å². The third kappa shape index (κ3) is 5.36. The number of hydrogen-bond donors (Lipinski definition) is 1. The van der Waals surface area contributed by atoms with Crippen LogP contribution in [0.4, 0.5) is 5.82 Å². The van der Waals surface area contributed by atoms with Crippen LogP contribution in [0.3, 0.4) is 0 Å². The minimum atomic E-state index is -0.0777. The van der Waals surface area contributed by atoms with Crippen LogP contribution >= 0.6 is 22.9 Å². The molecule has 0 saturated carbocycles. The lowest BCUT2D eigenvalue weighted by Gasteiger charge is -2.34. The highest BCUT2D eigenvalue weighted by molar-refractivity contribution is 7.16. The number of amides is 1. The lowest BCUT2D eigenvalue weighted by atomic mass is 10.2. The zero-order valence-corrected chi connectivity index (χ0v) is 20.3. The Bertz CT molecular complexity index is 997. The summed E-state index contributed by atoms with van der Waals surface area (Å²) in [6, 6.07) is 6.30. The first-order chi connectivity index (χ1) is 15.4. The Morgan fingerprint density at radius 3 is 2.66 bits per heavy atom. The molecule has 172 valence electrons. The number of nitrogens with zero attached hydrogens (tertiary/aromatic N) is 4. The molecule has 4 heterocycles. The third-order valence-electron chi connectivity index (χ3n) is 6.45. The fraction of sp³-hybridized carbons (Fsp3) is 0.565. The lowest BCUT2D eigenvalue weighted by molar-refractivity contribution is -0.117. The summed E-state index contributed by atoms with van der Waals surface area (Å²) in [6.07, 6.45) is 2.20. The number of ether oxygens (including phenoxy) is 1. The van der Waals surface area contributed by atoms with Crippen molar-refractivity contribution in [1.29, 1.82) is 5.26 Å². The molecule has 9 heteroatoms. The van der Waals surface area contributed by atoms with Gasteiger partial charge in [0.2, 0.25) is 5.91 Å². The molecule has 2 saturated heterocycles. The van der Waals surface area contributed by atoms with Crippen molar-refractivity contribution in [3.63, 3.8) is 0 Å². The van der Waals surface area contributed by atoms with Crippen molar-refractivity contribution < 1.29 is 9.53 Å². The molecule has 0 aromatic carbocycles. The summed E-state index contributed by atoms with van der Waals surface area (Å²) < 4.78 is 8.66. The predicted octanol–water partition coefficient (Wildman–Crippen LogP) is 3.63. The van der Waals surface area contributed by atoms with Crippen LogP contribution in [0.15, 0.2) is 12.1 Å². The van der Waals surface area contributed by atoms with Crippen LogP contribution in [0.25, 0.3) is 0 Å². The van der Waals surface area contributed by atoms with Gasteiger partial charge in [0.1, 0.15) is 11.9 Å². The molecule has 2 aliphatic rings. The van der Waals surface area contributed by atoms with Crippen LogP contribution in [-0.2, 0) is 22.6 Å². The van der Waals surface area contributed by atoms with Gasteiger partial charge in [0.15, 0.2) is 0 Å². The van der Waals surface area contributed by atoms with Gasteiger partial charge >= 0.3 is 0 Å². The van der Waals surface area contributed by atoms with E-state index < -0.39 is 0 Å². The van der Waals surface area contributed by atoms with Crippen molar-refractivity contribution in [2.75, 3.05) is 44.6 Å². The van der Waals surface area contributed by atoms with Crippen LogP contribution in [0.1, 0.15) is 34.5 Å². The Balaban J connectivity index is 1.35. The fourth-order valence-electron chi connectivity index (χ4n) is 4.49. The monoisotopic (exact) mass is 475 g/mol. The maximum atomic E-state index is 12.9. The minimum Gasteiger partial charge on any atom is -0.376 e. The second kappa shape index (κ2) is 10.4. The number of nitrogens with one attached hydrogen (secondary N) is 1. The van der Waals surface area contributed by atoms with E-state index in [9.17, 15) is 10.1 Å². The zero-order chi connectivity index (χ0) is 22.7. The molecule has 0 aliphatic carbocycles. The second-order valence-corrected chi connectivity index (χ2v) is 10.4. The average Bonchev–Trinajstić information content (AvgIpc) is 3.48. The molecule has 32 heavy (non-hydrogen) atoms. The molecule has 1 amide bonds. The maximum Gasteiger partial charge on any atom is 0.239 e. The van der Waals surface area contributed by atoms with Crippen LogP contribution in [0, 0.1) is 25.2 Å². The topological polar surface area (TPSA) is 73.5 Å². The molecule has 0 spiro atoms. The standard InChI is InChI=1S/C23H30ClN5O2S/c1-16-17(2)29(13-18-4-3-11-31-18)23(20(16)12-25)26-22(30)15-28-9-7-27(8-10-28)14-19-5-6-21(24)32-19/h5-6,18H,3-4,7-11,13-15H2,1-2H3,(H,26,30)/t18-/m1/s1. The van der Waals surface area contributed by atoms with Gasteiger partial charge in [-0.15, -0.1) is 11.3 Å². The van der Waals surface area contributed by atoms with Gasteiger partial charge < -0.3 is 14.6 Å². The molecule has 2 aliphatic heterocycles. The third-order valence-corrected chi connectivity index (χ3v) is 7.67. The molecule has 1 atom stereocenters. The molecule has 2 aromatic rings. The van der Waals surface area contributed by atoms with E-state index in [1.165, 1.54) is 4.88 Å². The Labute approximate surface area is 198 Å². The molecule has 0 radical (unpaired) electrons. The quantitative estimate of drug-likeness (QED) is 0.662. The summed E-state index contributed by atoms with van der Waals surface area (Å²) in [5.74, 6) is 0.530. The minimum absolute atomic E-state index is 0.0777. The van der Waals surface area contributed by atoms with Crippen LogP contribution < -0.4 is 5.32 Å². The summed E-state index contributed by atoms with van der Waals surface area (Å²) in [5.41, 5.74) is 2.48. The van der Waals surface area contributed by atoms with Gasteiger partial charge in [0.05, 0.1) is 29.1 Å². The summed E-state index contributed by atoms with van der Waals surface area (Å²) in [5, 5.41) is 12.8. The lowest BCUT2D eigenvalue weighted by Crippen LogP contribution is -2.48. The molecular weight excluding hydrogens is 446 g/mol. The van der Waals surface area contributed by atoms with E-state index in [4.69, 9.17) is 16.3 Å². The molecule has 4 rings (SSSR count). The Hall–Kier alpha value is -1.89. The van der Waals surface area contributed by atoms with Gasteiger partial charge in [-0.25, -0.2) is 0 Å². The van der Waals surface area contributed by atoms with E-state index in [2.05, 4.69) is 27.3 Å². The summed E-state index contributed by atoms with van der Waals surface area (Å²) in [6.45, 7) is 10.1. The number of nitriles is 1. The Morgan fingerprint density at radius 2 is 2.03 bits per heavy atom. The number of thiophene rings is 1. The average molecular weight is 476 g/mol. The molecule has 0 bridgehead atoms. The zero-order valence-electron chi connectivity index (χ0n) is 18.7. The largest absolute Gasteiger partial charge is 0.376 e. The number of aromatic nitrogens is 1. The van der Waals surface area contributed by atoms with Crippen LogP contribution in [0.2, 0.25) is 4.34 Å². The van der Waals surface area contributed by atoms with Crippen molar-refractivity contribution in [3.05, 3.63) is 38.2 Å². The molecular formula is C23H30ClN5O2S. The number of anilines is 1. The second-order valence-electron chi connectivity index (χ2n) is 8.60. The molecule has 7 nitrogen and oxygen atoms in total. The van der Waals surface area contributed by atoms with Gasteiger partial charge in [-0.05, 0) is 44.4 Å². The summed E-state index contributed by atoms with van der Waals surface area (Å²) >= 11 is 7.66. The van der Waals surface area contributed by atoms with E-state index in [0.29, 0.717) is 24.5 Å². The molecule has 1 N–H and O–H groups in total. The van der Waals surface area contributed by atoms with Gasteiger partial charge in [-0.3, -0.25) is 14.6 Å². The van der Waals surface area contributed by atoms with Gasteiger partial charge in [0, 0.05) is 49.9 Å². The Morgan fingerprint density at radius 1 is 1.28 bits per heavy atom. The van der Waals surface area contributed by atoms with Crippen molar-refractivity contribution in [2.24, 2.45) is 0 Å². The molecule has 0 unspecified atom stereocenters. The SMILES string of the molecule is Cc1c(C#N)c(NC(=O)CN2CCN(Cc3ccc(Cl)s3)CC2)n(C[C@H]2CCCO2)c1C. The number of hydrogen-bond acceptors (Lipinski definition) is 6.